The second-order valence-electron chi connectivity index (χ2n) is 8.19. The fourth-order valence-corrected chi connectivity index (χ4v) is 4.94. The number of fused-ring (bicyclic) bond motifs is 2. The first-order chi connectivity index (χ1) is 17.0. The van der Waals surface area contributed by atoms with E-state index in [2.05, 4.69) is 17.1 Å². The zero-order valence-corrected chi connectivity index (χ0v) is 20.6. The molecule has 1 atom stereocenters. The van der Waals surface area contributed by atoms with Crippen LogP contribution in [0.3, 0.4) is 0 Å². The number of anilines is 1. The lowest BCUT2D eigenvalue weighted by molar-refractivity contribution is 0.0970. The molecule has 1 aliphatic heterocycles. The van der Waals surface area contributed by atoms with Crippen LogP contribution in [0.1, 0.15) is 59.4 Å². The van der Waals surface area contributed by atoms with Crippen LogP contribution >= 0.6 is 11.3 Å². The second-order valence-corrected chi connectivity index (χ2v) is 9.35. The van der Waals surface area contributed by atoms with Crippen molar-refractivity contribution in [3.8, 4) is 11.5 Å². The van der Waals surface area contributed by atoms with E-state index >= 15 is 0 Å². The molecule has 0 radical (unpaired) electrons. The topological polar surface area (TPSA) is 94.8 Å². The number of carbonyl (C=O) groups is 1. The third kappa shape index (κ3) is 4.05. The van der Waals surface area contributed by atoms with E-state index < -0.39 is 11.9 Å². The predicted molar refractivity (Wildman–Crippen MR) is 134 cm³/mol. The van der Waals surface area contributed by atoms with Gasteiger partial charge in [-0.25, -0.2) is 0 Å². The summed E-state index contributed by atoms with van der Waals surface area (Å²) in [5, 5.41) is 9.82. The average molecular weight is 492 g/mol. The standard InChI is InChI=1S/C26H25N3O5S/c1-4-6-13-33-19-12-11-16(14-20(19)32-5-2)22-21-23(30)17-9-7-8-10-18(17)34-24(21)25(31)29(22)26-28-27-15(3)35-26/h7-12,14,22H,4-6,13H2,1-3H3/t22-/m0/s1. The molecule has 9 heteroatoms. The number of carbonyl (C=O) groups excluding carboxylic acids is 1. The number of aromatic nitrogens is 2. The molecule has 0 bridgehead atoms. The largest absolute Gasteiger partial charge is 0.490 e. The van der Waals surface area contributed by atoms with E-state index in [-0.39, 0.29) is 16.8 Å². The van der Waals surface area contributed by atoms with Crippen LogP contribution in [0.5, 0.6) is 11.5 Å². The molecule has 0 aliphatic carbocycles. The van der Waals surface area contributed by atoms with E-state index in [0.717, 1.165) is 12.8 Å². The van der Waals surface area contributed by atoms with Crippen LogP contribution < -0.4 is 19.8 Å². The summed E-state index contributed by atoms with van der Waals surface area (Å²) in [5.74, 6) is 0.774. The number of hydrogen-bond acceptors (Lipinski definition) is 8. The molecule has 180 valence electrons. The second kappa shape index (κ2) is 9.50. The Bertz CT molecular complexity index is 1460. The van der Waals surface area contributed by atoms with Gasteiger partial charge in [-0.05, 0) is 50.1 Å². The number of benzene rings is 2. The van der Waals surface area contributed by atoms with Crippen molar-refractivity contribution in [2.75, 3.05) is 18.1 Å². The van der Waals surface area contributed by atoms with Gasteiger partial charge in [-0.2, -0.15) is 0 Å². The van der Waals surface area contributed by atoms with Crippen LogP contribution in [0.4, 0.5) is 5.13 Å². The molecule has 0 fully saturated rings. The summed E-state index contributed by atoms with van der Waals surface area (Å²) in [5.41, 5.74) is 1.10. The molecule has 0 unspecified atom stereocenters. The number of ether oxygens (including phenoxy) is 2. The van der Waals surface area contributed by atoms with Gasteiger partial charge >= 0.3 is 0 Å². The number of para-hydroxylation sites is 1. The molecule has 0 saturated carbocycles. The van der Waals surface area contributed by atoms with Gasteiger partial charge in [-0.1, -0.05) is 42.9 Å². The van der Waals surface area contributed by atoms with Crippen LogP contribution in [0.15, 0.2) is 51.7 Å². The number of aryl methyl sites for hydroxylation is 1. The van der Waals surface area contributed by atoms with Crippen molar-refractivity contribution in [3.63, 3.8) is 0 Å². The summed E-state index contributed by atoms with van der Waals surface area (Å²) < 4.78 is 17.8. The molecular weight excluding hydrogens is 466 g/mol. The third-order valence-corrected chi connectivity index (χ3v) is 6.68. The summed E-state index contributed by atoms with van der Waals surface area (Å²) in [6.45, 7) is 6.83. The van der Waals surface area contributed by atoms with Crippen molar-refractivity contribution >= 4 is 33.3 Å². The van der Waals surface area contributed by atoms with Crippen molar-refractivity contribution in [2.24, 2.45) is 0 Å². The van der Waals surface area contributed by atoms with Crippen molar-refractivity contribution < 1.29 is 18.7 Å². The van der Waals surface area contributed by atoms with Gasteiger partial charge in [0.1, 0.15) is 10.6 Å². The molecule has 4 aromatic rings. The first-order valence-corrected chi connectivity index (χ1v) is 12.4. The van der Waals surface area contributed by atoms with E-state index in [1.807, 2.05) is 32.0 Å². The minimum atomic E-state index is -0.741. The Morgan fingerprint density at radius 3 is 2.63 bits per heavy atom. The van der Waals surface area contributed by atoms with Gasteiger partial charge in [0.25, 0.3) is 5.91 Å². The molecule has 0 saturated heterocycles. The Labute approximate surface area is 206 Å². The molecule has 3 heterocycles. The van der Waals surface area contributed by atoms with Crippen LogP contribution in [0.25, 0.3) is 11.0 Å². The van der Waals surface area contributed by atoms with Gasteiger partial charge in [-0.3, -0.25) is 14.5 Å². The van der Waals surface area contributed by atoms with E-state index in [1.54, 1.807) is 24.3 Å². The number of hydrogen-bond donors (Lipinski definition) is 0. The Hall–Kier alpha value is -3.72. The van der Waals surface area contributed by atoms with E-state index in [9.17, 15) is 9.59 Å². The first kappa shape index (κ1) is 23.0. The minimum Gasteiger partial charge on any atom is -0.490 e. The Morgan fingerprint density at radius 2 is 1.89 bits per heavy atom. The van der Waals surface area contributed by atoms with E-state index in [1.165, 1.54) is 16.2 Å². The minimum absolute atomic E-state index is 0.0211. The van der Waals surface area contributed by atoms with Crippen LogP contribution in [0.2, 0.25) is 0 Å². The van der Waals surface area contributed by atoms with Gasteiger partial charge in [0.15, 0.2) is 16.9 Å². The third-order valence-electron chi connectivity index (χ3n) is 5.84. The van der Waals surface area contributed by atoms with E-state index in [0.29, 0.717) is 51.4 Å². The molecule has 5 rings (SSSR count). The molecule has 0 spiro atoms. The molecule has 0 N–H and O–H groups in total. The number of unbranched alkanes of at least 4 members (excludes halogenated alkanes) is 1. The molecule has 8 nitrogen and oxygen atoms in total. The maximum atomic E-state index is 13.7. The molecule has 1 amide bonds. The van der Waals surface area contributed by atoms with Crippen molar-refractivity contribution in [2.45, 2.75) is 39.7 Å². The Balaban J connectivity index is 1.70. The predicted octanol–water partition coefficient (Wildman–Crippen LogP) is 5.28. The van der Waals surface area contributed by atoms with Crippen molar-refractivity contribution in [3.05, 3.63) is 74.6 Å². The normalized spacial score (nSPS) is 15.0. The Kier molecular flexibility index (Phi) is 6.25. The summed E-state index contributed by atoms with van der Waals surface area (Å²) in [7, 11) is 0. The van der Waals surface area contributed by atoms with E-state index in [4.69, 9.17) is 13.9 Å². The fraction of sp³-hybridized carbons (Fsp3) is 0.308. The molecule has 35 heavy (non-hydrogen) atoms. The Morgan fingerprint density at radius 1 is 1.06 bits per heavy atom. The van der Waals surface area contributed by atoms with Crippen LogP contribution in [-0.2, 0) is 0 Å². The molecule has 2 aromatic heterocycles. The lowest BCUT2D eigenvalue weighted by Crippen LogP contribution is -2.29. The monoisotopic (exact) mass is 491 g/mol. The fourth-order valence-electron chi connectivity index (χ4n) is 4.22. The van der Waals surface area contributed by atoms with Gasteiger partial charge in [-0.15, -0.1) is 10.2 Å². The average Bonchev–Trinajstić information content (AvgIpc) is 3.41. The SMILES string of the molecule is CCCCOc1ccc([C@H]2c3c(oc4ccccc4c3=O)C(=O)N2c2nnc(C)s2)cc1OCC. The zero-order chi connectivity index (χ0) is 24.5. The maximum absolute atomic E-state index is 13.7. The van der Waals surface area contributed by atoms with Gasteiger partial charge in [0, 0.05) is 0 Å². The lowest BCUT2D eigenvalue weighted by Gasteiger charge is -2.23. The summed E-state index contributed by atoms with van der Waals surface area (Å²) in [6.07, 6.45) is 1.94. The van der Waals surface area contributed by atoms with Gasteiger partial charge in [0.2, 0.25) is 10.9 Å². The van der Waals surface area contributed by atoms with Gasteiger partial charge in [0.05, 0.1) is 30.2 Å². The highest BCUT2D eigenvalue weighted by Crippen LogP contribution is 2.44. The van der Waals surface area contributed by atoms with Crippen molar-refractivity contribution in [1.82, 2.24) is 10.2 Å². The highest BCUT2D eigenvalue weighted by Gasteiger charge is 2.45. The maximum Gasteiger partial charge on any atom is 0.297 e. The number of amides is 1. The zero-order valence-electron chi connectivity index (χ0n) is 19.7. The molecule has 2 aromatic carbocycles. The van der Waals surface area contributed by atoms with Crippen molar-refractivity contribution in [1.29, 1.82) is 0 Å². The summed E-state index contributed by atoms with van der Waals surface area (Å²) in [4.78, 5) is 28.8. The lowest BCUT2D eigenvalue weighted by atomic mass is 9.98. The smallest absolute Gasteiger partial charge is 0.297 e. The quantitative estimate of drug-likeness (QED) is 0.310. The first-order valence-electron chi connectivity index (χ1n) is 11.6. The summed E-state index contributed by atoms with van der Waals surface area (Å²) in [6, 6.07) is 11.7. The molecule has 1 aliphatic rings. The number of rotatable bonds is 8. The number of nitrogens with zero attached hydrogens (tertiary/aromatic N) is 3. The highest BCUT2D eigenvalue weighted by atomic mass is 32.1. The van der Waals surface area contributed by atoms with Gasteiger partial charge < -0.3 is 13.9 Å². The van der Waals surface area contributed by atoms with Crippen LogP contribution in [-0.4, -0.2) is 29.3 Å². The summed E-state index contributed by atoms with van der Waals surface area (Å²) >= 11 is 1.28. The van der Waals surface area contributed by atoms with Crippen LogP contribution in [0, 0.1) is 6.92 Å². The molecular formula is C26H25N3O5S. The highest BCUT2D eigenvalue weighted by molar-refractivity contribution is 7.15.